The molecule has 0 aliphatic heterocycles. The molecule has 1 fully saturated rings. The van der Waals surface area contributed by atoms with E-state index in [1.807, 2.05) is 13.8 Å². The Bertz CT molecular complexity index is 992. The lowest BCUT2D eigenvalue weighted by molar-refractivity contribution is -0.0337. The van der Waals surface area contributed by atoms with E-state index < -0.39 is 5.92 Å². The number of hydrogen-bond donors (Lipinski definition) is 1. The molecule has 7 nitrogen and oxygen atoms in total. The number of rotatable bonds is 4. The van der Waals surface area contributed by atoms with Crippen molar-refractivity contribution in [2.75, 3.05) is 0 Å². The van der Waals surface area contributed by atoms with Crippen LogP contribution in [0, 0.1) is 0 Å². The van der Waals surface area contributed by atoms with Gasteiger partial charge in [0, 0.05) is 31.1 Å². The van der Waals surface area contributed by atoms with E-state index in [1.54, 1.807) is 39.9 Å². The number of nitrogens with zero attached hydrogens (tertiary/aromatic N) is 5. The maximum absolute atomic E-state index is 12.2. The third-order valence-corrected chi connectivity index (χ3v) is 4.95. The molecule has 162 valence electrons. The van der Waals surface area contributed by atoms with Crippen molar-refractivity contribution in [1.29, 1.82) is 0 Å². The van der Waals surface area contributed by atoms with Crippen LogP contribution in [0.1, 0.15) is 68.2 Å². The van der Waals surface area contributed by atoms with Crippen LogP contribution in [0.25, 0.3) is 5.65 Å². The van der Waals surface area contributed by atoms with Crippen LogP contribution in [0.5, 0.6) is 0 Å². The van der Waals surface area contributed by atoms with Crippen LogP contribution in [0.4, 0.5) is 8.78 Å². The van der Waals surface area contributed by atoms with Gasteiger partial charge in [-0.3, -0.25) is 9.48 Å². The van der Waals surface area contributed by atoms with Crippen molar-refractivity contribution >= 4 is 23.2 Å². The average Bonchev–Trinajstić information content (AvgIpc) is 3.33. The van der Waals surface area contributed by atoms with Crippen molar-refractivity contribution in [2.45, 2.75) is 64.5 Å². The highest BCUT2D eigenvalue weighted by molar-refractivity contribution is 6.30. The first-order valence-corrected chi connectivity index (χ1v) is 10.3. The molecule has 1 saturated carbocycles. The smallest absolute Gasteiger partial charge is 0.269 e. The fourth-order valence-corrected chi connectivity index (χ4v) is 3.37. The largest absolute Gasteiger partial charge is 0.345 e. The van der Waals surface area contributed by atoms with Crippen molar-refractivity contribution in [3.05, 3.63) is 47.1 Å². The van der Waals surface area contributed by atoms with Gasteiger partial charge in [-0.1, -0.05) is 18.0 Å². The summed E-state index contributed by atoms with van der Waals surface area (Å²) in [7, 11) is 0. The lowest BCUT2D eigenvalue weighted by atomic mass is 9.97. The van der Waals surface area contributed by atoms with E-state index >= 15 is 0 Å². The zero-order chi connectivity index (χ0) is 21.7. The predicted octanol–water partition coefficient (Wildman–Crippen LogP) is 4.68. The third-order valence-electron chi connectivity index (χ3n) is 4.74. The first-order chi connectivity index (χ1) is 14.2. The summed E-state index contributed by atoms with van der Waals surface area (Å²) in [5.41, 5.74) is 1.88. The molecule has 1 aliphatic rings. The highest BCUT2D eigenvalue weighted by Gasteiger charge is 2.30. The number of fused-ring (bicyclic) bond motifs is 1. The van der Waals surface area contributed by atoms with E-state index in [2.05, 4.69) is 20.5 Å². The summed E-state index contributed by atoms with van der Waals surface area (Å²) in [6.07, 6.45) is 7.58. The maximum Gasteiger partial charge on any atom is 0.269 e. The first-order valence-electron chi connectivity index (χ1n) is 9.94. The van der Waals surface area contributed by atoms with Gasteiger partial charge in [-0.15, -0.1) is 0 Å². The molecule has 0 saturated heterocycles. The Morgan fingerprint density at radius 3 is 2.63 bits per heavy atom. The molecular weight excluding hydrogens is 414 g/mol. The van der Waals surface area contributed by atoms with E-state index in [4.69, 9.17) is 11.6 Å². The molecule has 4 rings (SSSR count). The van der Waals surface area contributed by atoms with E-state index in [0.29, 0.717) is 41.4 Å². The number of imidazole rings is 1. The third kappa shape index (κ3) is 5.75. The van der Waals surface area contributed by atoms with Gasteiger partial charge in [0.25, 0.3) is 5.91 Å². The highest BCUT2D eigenvalue weighted by atomic mass is 35.5. The molecule has 3 aromatic rings. The standard InChI is InChI=1S/C14H15ClN6O.C6H10F2/c1-9(2)21-12(3-4-17-21)14(22)16-7-11-8-20-13(19-11)5-10(15)6-18-20;7-6(8)4-2-1-3-5-6/h3-6,8-9H,7H2,1-2H3,(H,16,22);1-5H2. The molecule has 3 heterocycles. The quantitative estimate of drug-likeness (QED) is 0.641. The summed E-state index contributed by atoms with van der Waals surface area (Å²) < 4.78 is 27.7. The van der Waals surface area contributed by atoms with Crippen LogP contribution in [-0.4, -0.2) is 36.2 Å². The topological polar surface area (TPSA) is 77.1 Å². The number of nitrogens with one attached hydrogen (secondary N) is 1. The number of alkyl halides is 2. The Morgan fingerprint density at radius 1 is 1.27 bits per heavy atom. The second-order valence-electron chi connectivity index (χ2n) is 7.56. The Kier molecular flexibility index (Phi) is 7.02. The number of halogens is 3. The molecule has 1 amide bonds. The number of hydrogen-bond acceptors (Lipinski definition) is 4. The number of carbonyl (C=O) groups is 1. The minimum Gasteiger partial charge on any atom is -0.345 e. The van der Waals surface area contributed by atoms with Crippen molar-refractivity contribution < 1.29 is 13.6 Å². The zero-order valence-electron chi connectivity index (χ0n) is 17.0. The predicted molar refractivity (Wildman–Crippen MR) is 110 cm³/mol. The van der Waals surface area contributed by atoms with Crippen molar-refractivity contribution in [3.8, 4) is 0 Å². The second-order valence-corrected chi connectivity index (χ2v) is 8.00. The molecule has 0 radical (unpaired) electrons. The highest BCUT2D eigenvalue weighted by Crippen LogP contribution is 2.32. The second kappa shape index (κ2) is 9.51. The van der Waals surface area contributed by atoms with E-state index in [1.165, 1.54) is 0 Å². The van der Waals surface area contributed by atoms with Crippen LogP contribution < -0.4 is 5.32 Å². The van der Waals surface area contributed by atoms with Gasteiger partial charge in [0.1, 0.15) is 5.69 Å². The lowest BCUT2D eigenvalue weighted by Gasteiger charge is -2.20. The van der Waals surface area contributed by atoms with Crippen LogP contribution >= 0.6 is 11.6 Å². The summed E-state index contributed by atoms with van der Waals surface area (Å²) in [4.78, 5) is 16.6. The van der Waals surface area contributed by atoms with Crippen LogP contribution in [0.2, 0.25) is 5.02 Å². The van der Waals surface area contributed by atoms with Crippen molar-refractivity contribution in [3.63, 3.8) is 0 Å². The van der Waals surface area contributed by atoms with Gasteiger partial charge in [-0.2, -0.15) is 10.2 Å². The molecule has 0 atom stereocenters. The van der Waals surface area contributed by atoms with Crippen LogP contribution in [0.3, 0.4) is 0 Å². The molecule has 1 N–H and O–H groups in total. The summed E-state index contributed by atoms with van der Waals surface area (Å²) in [5, 5.41) is 11.6. The molecule has 30 heavy (non-hydrogen) atoms. The van der Waals surface area contributed by atoms with Gasteiger partial charge >= 0.3 is 0 Å². The number of aromatic nitrogens is 5. The van der Waals surface area contributed by atoms with Gasteiger partial charge in [0.05, 0.1) is 29.7 Å². The Balaban J connectivity index is 0.000000269. The van der Waals surface area contributed by atoms with Crippen LogP contribution in [-0.2, 0) is 6.54 Å². The van der Waals surface area contributed by atoms with E-state index in [-0.39, 0.29) is 24.8 Å². The normalized spacial score (nSPS) is 15.7. The Hall–Kier alpha value is -2.55. The van der Waals surface area contributed by atoms with E-state index in [9.17, 15) is 13.6 Å². The summed E-state index contributed by atoms with van der Waals surface area (Å²) in [5.74, 6) is -2.51. The Morgan fingerprint density at radius 2 is 2.00 bits per heavy atom. The van der Waals surface area contributed by atoms with Crippen molar-refractivity contribution in [1.82, 2.24) is 29.7 Å². The van der Waals surface area contributed by atoms with E-state index in [0.717, 1.165) is 6.42 Å². The number of amides is 1. The monoisotopic (exact) mass is 438 g/mol. The maximum atomic E-state index is 12.2. The molecule has 0 spiro atoms. The summed E-state index contributed by atoms with van der Waals surface area (Å²) in [6.45, 7) is 4.26. The van der Waals surface area contributed by atoms with Gasteiger partial charge < -0.3 is 5.32 Å². The first kappa shape index (κ1) is 22.1. The van der Waals surface area contributed by atoms with Gasteiger partial charge in [0.15, 0.2) is 5.65 Å². The molecule has 0 aromatic carbocycles. The fourth-order valence-electron chi connectivity index (χ4n) is 3.22. The van der Waals surface area contributed by atoms with Gasteiger partial charge in [-0.25, -0.2) is 18.3 Å². The minimum atomic E-state index is -2.32. The minimum absolute atomic E-state index is 0.118. The summed E-state index contributed by atoms with van der Waals surface area (Å²) >= 11 is 5.87. The zero-order valence-corrected chi connectivity index (χ0v) is 17.7. The lowest BCUT2D eigenvalue weighted by Crippen LogP contribution is -2.26. The Labute approximate surface area is 178 Å². The fraction of sp³-hybridized carbons (Fsp3) is 0.500. The van der Waals surface area contributed by atoms with Gasteiger partial charge in [0.2, 0.25) is 5.92 Å². The number of carbonyl (C=O) groups excluding carboxylic acids is 1. The summed E-state index contributed by atoms with van der Waals surface area (Å²) in [6, 6.07) is 3.53. The van der Waals surface area contributed by atoms with Gasteiger partial charge in [-0.05, 0) is 32.8 Å². The molecule has 0 unspecified atom stereocenters. The molecular formula is C20H25ClF2N6O. The van der Waals surface area contributed by atoms with Crippen LogP contribution in [0.15, 0.2) is 30.7 Å². The average molecular weight is 439 g/mol. The molecule has 10 heteroatoms. The van der Waals surface area contributed by atoms with Crippen molar-refractivity contribution in [2.24, 2.45) is 0 Å². The molecule has 1 aliphatic carbocycles. The molecule has 3 aromatic heterocycles. The SMILES string of the molecule is CC(C)n1nccc1C(=O)NCc1cn2ncc(Cl)cc2n1.FC1(F)CCCCC1. The molecule has 0 bridgehead atoms.